The number of nitrogens with zero attached hydrogens (tertiary/aromatic N) is 5. The molecule has 24 heavy (non-hydrogen) atoms. The Hall–Kier alpha value is -1.92. The largest absolute Gasteiger partial charge is 0.383 e. The number of fused-ring (bicyclic) bond motifs is 1. The molecule has 0 spiro atoms. The monoisotopic (exact) mass is 329 g/mol. The molecule has 3 rings (SSSR count). The number of aromatic nitrogens is 3. The molecule has 6 heteroatoms. The molecule has 0 bridgehead atoms. The lowest BCUT2D eigenvalue weighted by molar-refractivity contribution is 0.206. The van der Waals surface area contributed by atoms with Crippen molar-refractivity contribution >= 4 is 5.82 Å². The summed E-state index contributed by atoms with van der Waals surface area (Å²) in [5, 5.41) is 4.40. The van der Waals surface area contributed by atoms with Gasteiger partial charge in [0.15, 0.2) is 0 Å². The molecule has 0 unspecified atom stereocenters. The summed E-state index contributed by atoms with van der Waals surface area (Å²) >= 11 is 0. The second kappa shape index (κ2) is 7.77. The molecule has 1 aliphatic heterocycles. The number of ether oxygens (including phenoxy) is 1. The van der Waals surface area contributed by atoms with Gasteiger partial charge in [-0.1, -0.05) is 6.07 Å². The highest BCUT2D eigenvalue weighted by molar-refractivity contribution is 5.38. The van der Waals surface area contributed by atoms with Crippen LogP contribution in [0.1, 0.15) is 23.2 Å². The number of methoxy groups -OCH3 is 1. The van der Waals surface area contributed by atoms with Crippen molar-refractivity contribution in [3.05, 3.63) is 41.3 Å². The molecule has 0 saturated carbocycles. The quantitative estimate of drug-likeness (QED) is 0.809. The Balaban J connectivity index is 1.61. The van der Waals surface area contributed by atoms with Crippen LogP contribution in [0.15, 0.2) is 24.5 Å². The highest BCUT2D eigenvalue weighted by Crippen LogP contribution is 2.20. The Morgan fingerprint density at radius 2 is 2.17 bits per heavy atom. The van der Waals surface area contributed by atoms with Crippen molar-refractivity contribution in [1.82, 2.24) is 19.7 Å². The Kier molecular flexibility index (Phi) is 5.48. The first-order chi connectivity index (χ1) is 11.7. The number of pyridine rings is 1. The van der Waals surface area contributed by atoms with E-state index in [9.17, 15) is 0 Å². The van der Waals surface area contributed by atoms with Gasteiger partial charge >= 0.3 is 0 Å². The highest BCUT2D eigenvalue weighted by Gasteiger charge is 2.17. The molecule has 3 heterocycles. The molecule has 2 aromatic heterocycles. The average molecular weight is 329 g/mol. The second-order valence-corrected chi connectivity index (χ2v) is 6.49. The van der Waals surface area contributed by atoms with Crippen molar-refractivity contribution in [1.29, 1.82) is 0 Å². The van der Waals surface area contributed by atoms with Gasteiger partial charge in [-0.05, 0) is 31.0 Å². The zero-order chi connectivity index (χ0) is 16.9. The van der Waals surface area contributed by atoms with E-state index in [1.807, 2.05) is 31.2 Å². The first kappa shape index (κ1) is 16.9. The minimum Gasteiger partial charge on any atom is -0.383 e. The van der Waals surface area contributed by atoms with E-state index in [2.05, 4.69) is 32.0 Å². The van der Waals surface area contributed by atoms with E-state index in [1.54, 1.807) is 7.11 Å². The van der Waals surface area contributed by atoms with Gasteiger partial charge in [-0.2, -0.15) is 5.10 Å². The number of rotatable bonds is 6. The lowest BCUT2D eigenvalue weighted by Gasteiger charge is -2.21. The van der Waals surface area contributed by atoms with Crippen molar-refractivity contribution in [2.75, 3.05) is 38.8 Å². The number of hydrogen-bond acceptors (Lipinski definition) is 5. The van der Waals surface area contributed by atoms with Crippen LogP contribution in [0.5, 0.6) is 0 Å². The summed E-state index contributed by atoms with van der Waals surface area (Å²) in [6.45, 7) is 4.58. The number of anilines is 1. The van der Waals surface area contributed by atoms with E-state index < -0.39 is 0 Å². The highest BCUT2D eigenvalue weighted by atomic mass is 16.5. The first-order valence-electron chi connectivity index (χ1n) is 8.54. The SMILES string of the molecule is COCCN(C)c1ccc(CN2CCCc3c(cnn3C)C2)cn1. The minimum atomic E-state index is 0.709. The third-order valence-electron chi connectivity index (χ3n) is 4.67. The first-order valence-corrected chi connectivity index (χ1v) is 8.54. The van der Waals surface area contributed by atoms with Gasteiger partial charge in [0.2, 0.25) is 0 Å². The molecule has 0 N–H and O–H groups in total. The fraction of sp³-hybridized carbons (Fsp3) is 0.556. The molecule has 0 amide bonds. The predicted molar refractivity (Wildman–Crippen MR) is 95.0 cm³/mol. The van der Waals surface area contributed by atoms with Gasteiger partial charge in [0.1, 0.15) is 5.82 Å². The summed E-state index contributed by atoms with van der Waals surface area (Å²) in [4.78, 5) is 9.19. The molecule has 0 aliphatic carbocycles. The summed E-state index contributed by atoms with van der Waals surface area (Å²) in [5.41, 5.74) is 4.00. The van der Waals surface area contributed by atoms with Crippen LogP contribution in [0.25, 0.3) is 0 Å². The Morgan fingerprint density at radius 3 is 2.92 bits per heavy atom. The maximum atomic E-state index is 5.12. The van der Waals surface area contributed by atoms with E-state index in [-0.39, 0.29) is 0 Å². The van der Waals surface area contributed by atoms with Gasteiger partial charge in [0.25, 0.3) is 0 Å². The lowest BCUT2D eigenvalue weighted by Crippen LogP contribution is -2.24. The molecule has 130 valence electrons. The molecular weight excluding hydrogens is 302 g/mol. The van der Waals surface area contributed by atoms with Crippen LogP contribution in [0.3, 0.4) is 0 Å². The zero-order valence-electron chi connectivity index (χ0n) is 14.9. The third kappa shape index (κ3) is 3.94. The Labute approximate surface area is 144 Å². The van der Waals surface area contributed by atoms with E-state index in [0.29, 0.717) is 6.61 Å². The van der Waals surface area contributed by atoms with Crippen LogP contribution in [0.2, 0.25) is 0 Å². The average Bonchev–Trinajstić information content (AvgIpc) is 2.82. The van der Waals surface area contributed by atoms with Gasteiger partial charge in [0, 0.05) is 58.3 Å². The topological polar surface area (TPSA) is 46.4 Å². The van der Waals surface area contributed by atoms with E-state index in [0.717, 1.165) is 38.4 Å². The van der Waals surface area contributed by atoms with E-state index in [1.165, 1.54) is 23.2 Å². The molecule has 0 atom stereocenters. The molecule has 1 aliphatic rings. The van der Waals surface area contributed by atoms with E-state index in [4.69, 9.17) is 4.74 Å². The maximum absolute atomic E-state index is 5.12. The molecule has 0 saturated heterocycles. The zero-order valence-corrected chi connectivity index (χ0v) is 14.9. The molecule has 0 radical (unpaired) electrons. The van der Waals surface area contributed by atoms with Crippen LogP contribution < -0.4 is 4.90 Å². The van der Waals surface area contributed by atoms with Crippen LogP contribution in [0, 0.1) is 0 Å². The van der Waals surface area contributed by atoms with Gasteiger partial charge in [-0.3, -0.25) is 9.58 Å². The molecular formula is C18H27N5O. The van der Waals surface area contributed by atoms with Gasteiger partial charge < -0.3 is 9.64 Å². The van der Waals surface area contributed by atoms with Crippen molar-refractivity contribution in [3.63, 3.8) is 0 Å². The fourth-order valence-corrected chi connectivity index (χ4v) is 3.22. The summed E-state index contributed by atoms with van der Waals surface area (Å²) in [6.07, 6.45) is 6.30. The predicted octanol–water partition coefficient (Wildman–Crippen LogP) is 1.85. The molecule has 6 nitrogen and oxygen atoms in total. The summed E-state index contributed by atoms with van der Waals surface area (Å²) in [6, 6.07) is 4.28. The van der Waals surface area contributed by atoms with Gasteiger partial charge in [0.05, 0.1) is 12.8 Å². The van der Waals surface area contributed by atoms with Crippen molar-refractivity contribution in [2.24, 2.45) is 7.05 Å². The Morgan fingerprint density at radius 1 is 1.29 bits per heavy atom. The third-order valence-corrected chi connectivity index (χ3v) is 4.67. The van der Waals surface area contributed by atoms with Crippen LogP contribution in [-0.4, -0.2) is 53.5 Å². The van der Waals surface area contributed by atoms with E-state index >= 15 is 0 Å². The number of likely N-dealkylation sites (N-methyl/N-ethyl adjacent to an activating group) is 1. The smallest absolute Gasteiger partial charge is 0.128 e. The summed E-state index contributed by atoms with van der Waals surface area (Å²) < 4.78 is 7.14. The lowest BCUT2D eigenvalue weighted by atomic mass is 10.2. The maximum Gasteiger partial charge on any atom is 0.128 e. The molecule has 0 aromatic carbocycles. The van der Waals surface area contributed by atoms with Crippen molar-refractivity contribution in [3.8, 4) is 0 Å². The van der Waals surface area contributed by atoms with Crippen LogP contribution in [-0.2, 0) is 31.3 Å². The summed E-state index contributed by atoms with van der Waals surface area (Å²) in [5.74, 6) is 0.987. The van der Waals surface area contributed by atoms with Gasteiger partial charge in [-0.15, -0.1) is 0 Å². The summed E-state index contributed by atoms with van der Waals surface area (Å²) in [7, 11) is 5.80. The standard InChI is InChI=1S/C18H27N5O/c1-21(9-10-24-3)18-7-6-15(11-19-18)13-23-8-4-5-17-16(14-23)12-20-22(17)2/h6-7,11-12H,4-5,8-10,13-14H2,1-3H3. The minimum absolute atomic E-state index is 0.709. The second-order valence-electron chi connectivity index (χ2n) is 6.49. The number of hydrogen-bond donors (Lipinski definition) is 0. The van der Waals surface area contributed by atoms with Crippen molar-refractivity contribution < 1.29 is 4.74 Å². The van der Waals surface area contributed by atoms with Crippen molar-refractivity contribution in [2.45, 2.75) is 25.9 Å². The fourth-order valence-electron chi connectivity index (χ4n) is 3.22. The molecule has 0 fully saturated rings. The van der Waals surface area contributed by atoms with Crippen LogP contribution >= 0.6 is 0 Å². The normalized spacial score (nSPS) is 15.1. The molecule has 2 aromatic rings. The van der Waals surface area contributed by atoms with Crippen LogP contribution in [0.4, 0.5) is 5.82 Å². The number of aryl methyl sites for hydroxylation is 1. The Bertz CT molecular complexity index is 652. The van der Waals surface area contributed by atoms with Gasteiger partial charge in [-0.25, -0.2) is 4.98 Å².